The summed E-state index contributed by atoms with van der Waals surface area (Å²) in [7, 11) is 8.30. The van der Waals surface area contributed by atoms with Gasteiger partial charge in [0.05, 0.1) is 21.3 Å². The van der Waals surface area contributed by atoms with Crippen LogP contribution in [-0.4, -0.2) is 31.6 Å². The second kappa shape index (κ2) is 8.19. The van der Waals surface area contributed by atoms with Crippen LogP contribution in [0.25, 0.3) is 0 Å². The second-order valence-electron chi connectivity index (χ2n) is 3.22. The molecule has 1 aromatic heterocycles. The maximum absolute atomic E-state index is 5.35. The molecule has 0 saturated carbocycles. The fraction of sp³-hybridized carbons (Fsp3) is 0.545. The van der Waals surface area contributed by atoms with Crippen molar-refractivity contribution in [3.8, 4) is 17.4 Å². The van der Waals surface area contributed by atoms with E-state index in [2.05, 4.69) is 10.2 Å². The van der Waals surface area contributed by atoms with Crippen LogP contribution in [0.3, 0.4) is 0 Å². The van der Waals surface area contributed by atoms with Crippen molar-refractivity contribution >= 4 is 10.2 Å². The zero-order valence-corrected chi connectivity index (χ0v) is 12.1. The number of rotatable bonds is 6. The molecule has 0 saturated heterocycles. The lowest BCUT2D eigenvalue weighted by Crippen LogP contribution is -3.00. The highest BCUT2D eigenvalue weighted by molar-refractivity contribution is 6.08. The van der Waals surface area contributed by atoms with Gasteiger partial charge in [-0.1, -0.05) is 6.04 Å². The van der Waals surface area contributed by atoms with Gasteiger partial charge in [-0.15, -0.1) is 0 Å². The second-order valence-corrected chi connectivity index (χ2v) is 3.72. The first-order chi connectivity index (χ1) is 7.78. The first-order valence-electron chi connectivity index (χ1n) is 5.11. The molecule has 4 nitrogen and oxygen atoms in total. The third kappa shape index (κ3) is 3.78. The van der Waals surface area contributed by atoms with E-state index in [9.17, 15) is 0 Å². The maximum Gasteiger partial charge on any atom is 0.415 e. The van der Waals surface area contributed by atoms with Crippen LogP contribution < -0.4 is 31.2 Å². The molecule has 0 amide bonds. The van der Waals surface area contributed by atoms with Crippen molar-refractivity contribution in [1.82, 2.24) is 0 Å². The Labute approximate surface area is 112 Å². The fourth-order valence-corrected chi connectivity index (χ4v) is 1.68. The minimum atomic E-state index is 0. The lowest BCUT2D eigenvalue weighted by Gasteiger charge is -2.10. The Morgan fingerprint density at radius 1 is 1.18 bits per heavy atom. The van der Waals surface area contributed by atoms with Crippen LogP contribution in [0, 0.1) is 0 Å². The summed E-state index contributed by atoms with van der Waals surface area (Å²) < 4.78 is 17.9. The Morgan fingerprint density at radius 3 is 2.35 bits per heavy atom. The van der Waals surface area contributed by atoms with Crippen LogP contribution in [0.15, 0.2) is 12.3 Å². The van der Waals surface area contributed by atoms with Crippen molar-refractivity contribution in [2.45, 2.75) is 19.0 Å². The number of nitrogens with zero attached hydrogens (tertiary/aromatic N) is 1. The Bertz CT molecular complexity index is 350. The van der Waals surface area contributed by atoms with Crippen LogP contribution in [0.4, 0.5) is 0 Å². The zero-order valence-electron chi connectivity index (χ0n) is 10.3. The largest absolute Gasteiger partial charge is 1.00 e. The molecular formula is C11H17ClNO3Si. The molecule has 0 fully saturated rings. The van der Waals surface area contributed by atoms with Crippen molar-refractivity contribution in [3.05, 3.63) is 12.3 Å². The van der Waals surface area contributed by atoms with Crippen molar-refractivity contribution in [2.75, 3.05) is 21.3 Å². The molecular weight excluding hydrogens is 258 g/mol. The summed E-state index contributed by atoms with van der Waals surface area (Å²) >= 11 is 0. The summed E-state index contributed by atoms with van der Waals surface area (Å²) in [6.45, 7) is 0.868. The summed E-state index contributed by atoms with van der Waals surface area (Å²) in [5, 5.41) is 0. The Balaban J connectivity index is 0.00000256. The number of hydrogen-bond acceptors (Lipinski definition) is 3. The molecule has 0 N–H and O–H groups in total. The number of aryl methyl sites for hydroxylation is 1. The lowest BCUT2D eigenvalue weighted by atomic mass is 10.3. The molecule has 0 spiro atoms. The third-order valence-corrected chi connectivity index (χ3v) is 2.63. The molecule has 0 aliphatic rings. The first-order valence-corrected chi connectivity index (χ1v) is 5.82. The number of ether oxygens (including phenoxy) is 3. The molecule has 95 valence electrons. The smallest absolute Gasteiger partial charge is 0.415 e. The third-order valence-electron chi connectivity index (χ3n) is 2.28. The highest BCUT2D eigenvalue weighted by atomic mass is 35.5. The van der Waals surface area contributed by atoms with Gasteiger partial charge >= 0.3 is 5.88 Å². The van der Waals surface area contributed by atoms with E-state index in [1.165, 1.54) is 0 Å². The van der Waals surface area contributed by atoms with Gasteiger partial charge in [0.2, 0.25) is 0 Å². The van der Waals surface area contributed by atoms with E-state index < -0.39 is 0 Å². The fourth-order valence-electron chi connectivity index (χ4n) is 1.52. The van der Waals surface area contributed by atoms with Crippen LogP contribution >= 0.6 is 0 Å². The summed E-state index contributed by atoms with van der Waals surface area (Å²) in [6, 6.07) is 2.82. The summed E-state index contributed by atoms with van der Waals surface area (Å²) in [4.78, 5) is 0. The standard InChI is InChI=1S/C11H17NO3Si.ClH/c1-13-9-5-7-12(6-4-8-16)11(15-3)10(9)14-2;/h5,7H,4,6,8H2,1-3H3;1H/q+1;/p-1. The lowest BCUT2D eigenvalue weighted by molar-refractivity contribution is -0.701. The van der Waals surface area contributed by atoms with E-state index in [1.54, 1.807) is 21.3 Å². The van der Waals surface area contributed by atoms with Crippen LogP contribution in [0.2, 0.25) is 6.04 Å². The number of pyridine rings is 1. The van der Waals surface area contributed by atoms with Gasteiger partial charge in [-0.2, -0.15) is 4.57 Å². The number of aromatic nitrogens is 1. The van der Waals surface area contributed by atoms with Crippen LogP contribution in [0.5, 0.6) is 17.4 Å². The van der Waals surface area contributed by atoms with Gasteiger partial charge in [0, 0.05) is 22.7 Å². The van der Waals surface area contributed by atoms with Gasteiger partial charge in [-0.05, 0) is 0 Å². The van der Waals surface area contributed by atoms with Gasteiger partial charge in [0.15, 0.2) is 18.5 Å². The highest BCUT2D eigenvalue weighted by Crippen LogP contribution is 2.33. The Kier molecular flexibility index (Phi) is 7.74. The SMILES string of the molecule is COc1cc[n+](CCC[Si])c(OC)c1OC.[Cl-]. The Hall–Kier alpha value is -0.943. The molecule has 0 bridgehead atoms. The van der Waals surface area contributed by atoms with Gasteiger partial charge < -0.3 is 26.6 Å². The predicted octanol–water partition coefficient (Wildman–Crippen LogP) is -2.02. The van der Waals surface area contributed by atoms with Crippen molar-refractivity contribution in [3.63, 3.8) is 0 Å². The number of hydrogen-bond donors (Lipinski definition) is 0. The maximum atomic E-state index is 5.35. The van der Waals surface area contributed by atoms with E-state index in [1.807, 2.05) is 16.8 Å². The van der Waals surface area contributed by atoms with E-state index in [0.29, 0.717) is 17.4 Å². The molecule has 0 unspecified atom stereocenters. The minimum absolute atomic E-state index is 0. The van der Waals surface area contributed by atoms with Crippen molar-refractivity contribution in [2.24, 2.45) is 0 Å². The first kappa shape index (κ1) is 16.1. The normalized spacial score (nSPS) is 9.41. The molecule has 0 aromatic carbocycles. The van der Waals surface area contributed by atoms with E-state index in [-0.39, 0.29) is 12.4 Å². The van der Waals surface area contributed by atoms with Gasteiger partial charge in [0.25, 0.3) is 5.75 Å². The number of methoxy groups -OCH3 is 3. The van der Waals surface area contributed by atoms with Crippen LogP contribution in [-0.2, 0) is 6.54 Å². The topological polar surface area (TPSA) is 31.6 Å². The summed E-state index contributed by atoms with van der Waals surface area (Å²) in [6.07, 6.45) is 2.95. The van der Waals surface area contributed by atoms with E-state index in [0.717, 1.165) is 19.0 Å². The molecule has 0 aliphatic heterocycles. The summed E-state index contributed by atoms with van der Waals surface area (Å²) in [5.74, 6) is 1.98. The quantitative estimate of drug-likeness (QED) is 0.443. The van der Waals surface area contributed by atoms with Gasteiger partial charge in [0.1, 0.15) is 0 Å². The zero-order chi connectivity index (χ0) is 12.0. The molecule has 3 radical (unpaired) electrons. The van der Waals surface area contributed by atoms with Gasteiger partial charge in [-0.25, -0.2) is 0 Å². The number of halogens is 1. The molecule has 1 heterocycles. The molecule has 6 heteroatoms. The highest BCUT2D eigenvalue weighted by Gasteiger charge is 2.22. The predicted molar refractivity (Wildman–Crippen MR) is 61.5 cm³/mol. The molecule has 1 rings (SSSR count). The minimum Gasteiger partial charge on any atom is -1.00 e. The summed E-state index contributed by atoms with van der Waals surface area (Å²) in [5.41, 5.74) is 0. The molecule has 17 heavy (non-hydrogen) atoms. The van der Waals surface area contributed by atoms with Crippen molar-refractivity contribution < 1.29 is 31.2 Å². The van der Waals surface area contributed by atoms with Gasteiger partial charge in [-0.3, -0.25) is 0 Å². The molecule has 0 aliphatic carbocycles. The molecule has 1 aromatic rings. The monoisotopic (exact) mass is 274 g/mol. The average Bonchev–Trinajstić information content (AvgIpc) is 2.34. The Morgan fingerprint density at radius 2 is 1.88 bits per heavy atom. The average molecular weight is 275 g/mol. The van der Waals surface area contributed by atoms with E-state index >= 15 is 0 Å². The van der Waals surface area contributed by atoms with Crippen molar-refractivity contribution in [1.29, 1.82) is 0 Å². The van der Waals surface area contributed by atoms with E-state index in [4.69, 9.17) is 14.2 Å². The van der Waals surface area contributed by atoms with Crippen LogP contribution in [0.1, 0.15) is 6.42 Å². The molecule has 0 atom stereocenters.